The molecule has 0 radical (unpaired) electrons. The first-order valence-electron chi connectivity index (χ1n) is 8.63. The van der Waals surface area contributed by atoms with Gasteiger partial charge in [-0.15, -0.1) is 0 Å². The lowest BCUT2D eigenvalue weighted by atomic mass is 9.73. The van der Waals surface area contributed by atoms with Crippen LogP contribution in [0.4, 0.5) is 4.39 Å². The van der Waals surface area contributed by atoms with Gasteiger partial charge in [-0.05, 0) is 45.4 Å². The number of piperidine rings is 1. The molecule has 1 aromatic carbocycles. The Balaban J connectivity index is 2.53. The highest BCUT2D eigenvalue weighted by molar-refractivity contribution is 6.14. The van der Waals surface area contributed by atoms with E-state index < -0.39 is 59.5 Å². The Labute approximate surface area is 156 Å². The average molecular weight is 379 g/mol. The second-order valence-corrected chi connectivity index (χ2v) is 6.86. The lowest BCUT2D eigenvalue weighted by molar-refractivity contribution is -0.166. The van der Waals surface area contributed by atoms with Crippen LogP contribution in [-0.4, -0.2) is 36.0 Å². The smallest absolute Gasteiger partial charge is 0.319 e. The van der Waals surface area contributed by atoms with Crippen molar-refractivity contribution in [1.29, 1.82) is 0 Å². The molecule has 2 rings (SSSR count). The third-order valence-electron chi connectivity index (χ3n) is 4.00. The van der Waals surface area contributed by atoms with Gasteiger partial charge >= 0.3 is 11.9 Å². The lowest BCUT2D eigenvalue weighted by Gasteiger charge is -2.34. The van der Waals surface area contributed by atoms with Crippen LogP contribution in [0.3, 0.4) is 0 Å². The van der Waals surface area contributed by atoms with Crippen molar-refractivity contribution in [2.24, 2.45) is 11.8 Å². The monoisotopic (exact) mass is 379 g/mol. The lowest BCUT2D eigenvalue weighted by Crippen LogP contribution is -2.56. The minimum absolute atomic E-state index is 0.288. The zero-order chi connectivity index (χ0) is 20.3. The zero-order valence-electron chi connectivity index (χ0n) is 15.5. The SMILES string of the molecule is CC(C)OC(=O)[C@H]1C(=O)NC(=O)[C@@H](C(=O)OC(C)C)[C@H]1c1ccc(F)cc1. The first-order chi connectivity index (χ1) is 12.6. The number of rotatable bonds is 5. The predicted molar refractivity (Wildman–Crippen MR) is 91.7 cm³/mol. The normalized spacial score (nSPS) is 22.6. The highest BCUT2D eigenvalue weighted by atomic mass is 19.1. The summed E-state index contributed by atoms with van der Waals surface area (Å²) in [5.41, 5.74) is 0.288. The molecule has 3 atom stereocenters. The summed E-state index contributed by atoms with van der Waals surface area (Å²) in [6.07, 6.45) is -1.00. The highest BCUT2D eigenvalue weighted by Crippen LogP contribution is 2.38. The van der Waals surface area contributed by atoms with E-state index in [-0.39, 0.29) is 5.56 Å². The molecular formula is C19H22FNO6. The maximum absolute atomic E-state index is 13.3. The van der Waals surface area contributed by atoms with Crippen LogP contribution in [0.2, 0.25) is 0 Å². The number of nitrogens with one attached hydrogen (secondary N) is 1. The van der Waals surface area contributed by atoms with E-state index in [1.807, 2.05) is 5.32 Å². The summed E-state index contributed by atoms with van der Waals surface area (Å²) in [4.78, 5) is 49.9. The van der Waals surface area contributed by atoms with Gasteiger partial charge in [0.25, 0.3) is 0 Å². The van der Waals surface area contributed by atoms with Gasteiger partial charge in [0, 0.05) is 5.92 Å². The van der Waals surface area contributed by atoms with E-state index in [4.69, 9.17) is 9.47 Å². The third-order valence-corrected chi connectivity index (χ3v) is 4.00. The van der Waals surface area contributed by atoms with E-state index >= 15 is 0 Å². The van der Waals surface area contributed by atoms with Gasteiger partial charge in [-0.1, -0.05) is 12.1 Å². The number of benzene rings is 1. The van der Waals surface area contributed by atoms with Crippen LogP contribution in [-0.2, 0) is 28.7 Å². The van der Waals surface area contributed by atoms with Gasteiger partial charge in [0.05, 0.1) is 12.2 Å². The van der Waals surface area contributed by atoms with Crippen LogP contribution in [0.5, 0.6) is 0 Å². The maximum atomic E-state index is 13.3. The first-order valence-corrected chi connectivity index (χ1v) is 8.63. The molecule has 1 aromatic rings. The molecule has 27 heavy (non-hydrogen) atoms. The number of carbonyl (C=O) groups excluding carboxylic acids is 4. The average Bonchev–Trinajstić information content (AvgIpc) is 2.53. The van der Waals surface area contributed by atoms with E-state index in [1.54, 1.807) is 27.7 Å². The Hall–Kier alpha value is -2.77. The van der Waals surface area contributed by atoms with Crippen molar-refractivity contribution in [3.05, 3.63) is 35.6 Å². The number of carbonyl (C=O) groups is 4. The van der Waals surface area contributed by atoms with Crippen molar-refractivity contribution in [3.63, 3.8) is 0 Å². The minimum Gasteiger partial charge on any atom is -0.462 e. The summed E-state index contributed by atoms with van der Waals surface area (Å²) in [7, 11) is 0. The van der Waals surface area contributed by atoms with E-state index in [0.717, 1.165) is 12.1 Å². The molecule has 0 aromatic heterocycles. The van der Waals surface area contributed by atoms with Crippen molar-refractivity contribution in [3.8, 4) is 0 Å². The summed E-state index contributed by atoms with van der Waals surface area (Å²) in [5, 5.41) is 2.05. The second kappa shape index (κ2) is 8.28. The molecule has 1 saturated heterocycles. The quantitative estimate of drug-likeness (QED) is 0.475. The largest absolute Gasteiger partial charge is 0.462 e. The maximum Gasteiger partial charge on any atom is 0.319 e. The fraction of sp³-hybridized carbons (Fsp3) is 0.474. The van der Waals surface area contributed by atoms with Gasteiger partial charge in [-0.3, -0.25) is 24.5 Å². The number of ether oxygens (including phenoxy) is 2. The molecule has 0 saturated carbocycles. The topological polar surface area (TPSA) is 98.8 Å². The Bertz CT molecular complexity index is 703. The highest BCUT2D eigenvalue weighted by Gasteiger charge is 2.52. The van der Waals surface area contributed by atoms with Crippen LogP contribution < -0.4 is 5.32 Å². The molecular weight excluding hydrogens is 357 g/mol. The second-order valence-electron chi connectivity index (χ2n) is 6.86. The number of halogens is 1. The predicted octanol–water partition coefficient (Wildman–Crippen LogP) is 1.70. The van der Waals surface area contributed by atoms with Gasteiger partial charge in [0.1, 0.15) is 17.7 Å². The van der Waals surface area contributed by atoms with E-state index in [2.05, 4.69) is 0 Å². The van der Waals surface area contributed by atoms with Crippen LogP contribution in [0, 0.1) is 17.7 Å². The van der Waals surface area contributed by atoms with Gasteiger partial charge in [-0.2, -0.15) is 0 Å². The molecule has 146 valence electrons. The van der Waals surface area contributed by atoms with Crippen LogP contribution in [0.15, 0.2) is 24.3 Å². The Kier molecular flexibility index (Phi) is 6.30. The van der Waals surface area contributed by atoms with Crippen molar-refractivity contribution < 1.29 is 33.0 Å². The fourth-order valence-corrected chi connectivity index (χ4v) is 2.98. The van der Waals surface area contributed by atoms with Crippen LogP contribution in [0.25, 0.3) is 0 Å². The molecule has 7 nitrogen and oxygen atoms in total. The number of hydrogen-bond donors (Lipinski definition) is 1. The first kappa shape index (κ1) is 20.5. The number of hydrogen-bond acceptors (Lipinski definition) is 6. The number of imide groups is 1. The standard InChI is InChI=1S/C19H22FNO6/c1-9(2)26-18(24)14-13(11-5-7-12(20)8-6-11)15(17(23)21-16(14)22)19(25)27-10(3)4/h5-10,13-15H,1-4H3,(H,21,22,23)/t13-,14+,15-. The molecule has 1 aliphatic heterocycles. The minimum atomic E-state index is -1.44. The molecule has 1 N–H and O–H groups in total. The summed E-state index contributed by atoms with van der Waals surface area (Å²) in [6.45, 7) is 6.45. The van der Waals surface area contributed by atoms with Gasteiger partial charge in [0.15, 0.2) is 0 Å². The summed E-state index contributed by atoms with van der Waals surface area (Å²) >= 11 is 0. The molecule has 0 unspecified atom stereocenters. The number of amides is 2. The molecule has 1 heterocycles. The Morgan fingerprint density at radius 1 is 0.889 bits per heavy atom. The van der Waals surface area contributed by atoms with Crippen molar-refractivity contribution >= 4 is 23.8 Å². The summed E-state index contributed by atoms with van der Waals surface area (Å²) in [6, 6.07) is 4.92. The third kappa shape index (κ3) is 4.69. The summed E-state index contributed by atoms with van der Waals surface area (Å²) < 4.78 is 23.6. The summed E-state index contributed by atoms with van der Waals surface area (Å²) in [5.74, 6) is -8.06. The van der Waals surface area contributed by atoms with Gasteiger partial charge in [0.2, 0.25) is 11.8 Å². The Morgan fingerprint density at radius 3 is 1.67 bits per heavy atom. The molecule has 8 heteroatoms. The molecule has 1 aliphatic rings. The van der Waals surface area contributed by atoms with Gasteiger partial charge in [-0.25, -0.2) is 4.39 Å². The molecule has 0 aliphatic carbocycles. The van der Waals surface area contributed by atoms with Crippen LogP contribution >= 0.6 is 0 Å². The van der Waals surface area contributed by atoms with E-state index in [9.17, 15) is 23.6 Å². The molecule has 2 amide bonds. The van der Waals surface area contributed by atoms with Crippen LogP contribution in [0.1, 0.15) is 39.2 Å². The number of esters is 2. The van der Waals surface area contributed by atoms with Crippen molar-refractivity contribution in [1.82, 2.24) is 5.32 Å². The van der Waals surface area contributed by atoms with Gasteiger partial charge < -0.3 is 9.47 Å². The molecule has 0 spiro atoms. The Morgan fingerprint density at radius 2 is 1.30 bits per heavy atom. The van der Waals surface area contributed by atoms with E-state index in [1.165, 1.54) is 12.1 Å². The van der Waals surface area contributed by atoms with E-state index in [0.29, 0.717) is 0 Å². The molecule has 1 fully saturated rings. The fourth-order valence-electron chi connectivity index (χ4n) is 2.98. The van der Waals surface area contributed by atoms with Crippen molar-refractivity contribution in [2.75, 3.05) is 0 Å². The zero-order valence-corrected chi connectivity index (χ0v) is 15.5. The van der Waals surface area contributed by atoms with Crippen molar-refractivity contribution in [2.45, 2.75) is 45.8 Å². The molecule has 0 bridgehead atoms.